The number of piperidine rings is 1. The zero-order valence-corrected chi connectivity index (χ0v) is 15.3. The highest BCUT2D eigenvalue weighted by Gasteiger charge is 2.60. The molecule has 5 heteroatoms. The molecule has 0 unspecified atom stereocenters. The normalized spacial score (nSPS) is 39.2. The Bertz CT molecular complexity index is 670. The molecule has 6 rings (SSSR count). The van der Waals surface area contributed by atoms with E-state index in [2.05, 4.69) is 9.88 Å². The van der Waals surface area contributed by atoms with E-state index in [1.807, 2.05) is 12.1 Å². The van der Waals surface area contributed by atoms with Gasteiger partial charge in [0.2, 0.25) is 5.91 Å². The topological polar surface area (TPSA) is 62.7 Å². The number of likely N-dealkylation sites (tertiary alicyclic amines) is 1. The fraction of sp³-hybridized carbons (Fsp3) is 0.714. The molecule has 1 saturated heterocycles. The second kappa shape index (κ2) is 5.95. The maximum atomic E-state index is 13.4. The summed E-state index contributed by atoms with van der Waals surface area (Å²) >= 11 is 0. The van der Waals surface area contributed by atoms with Crippen molar-refractivity contribution in [1.82, 2.24) is 9.88 Å². The number of hydrogen-bond acceptors (Lipinski definition) is 4. The standard InChI is InChI=1S/C21H28N2O3/c24-19(20-9-15-8-16(10-20)12-21(25,11-15)14-20)23-6-3-17(4-7-23)26-18-2-1-5-22-13-18/h1-2,5,13,15-17,25H,3-4,6-12,14H2/t15-,16-,20?,21?/m0/s1. The first-order valence-electron chi connectivity index (χ1n) is 10.1. The van der Waals surface area contributed by atoms with E-state index in [0.29, 0.717) is 24.2 Å². The van der Waals surface area contributed by atoms with Crippen LogP contribution in [0.4, 0.5) is 0 Å². The van der Waals surface area contributed by atoms with Crippen LogP contribution in [0.5, 0.6) is 5.75 Å². The first kappa shape index (κ1) is 16.5. The second-order valence-electron chi connectivity index (χ2n) is 9.26. The summed E-state index contributed by atoms with van der Waals surface area (Å²) in [5.41, 5.74) is -0.850. The predicted octanol–water partition coefficient (Wildman–Crippen LogP) is 2.78. The molecule has 140 valence electrons. The number of aromatic nitrogens is 1. The number of carbonyl (C=O) groups is 1. The molecule has 4 saturated carbocycles. The third-order valence-electron chi connectivity index (χ3n) is 7.15. The van der Waals surface area contributed by atoms with Gasteiger partial charge in [-0.1, -0.05) is 0 Å². The van der Waals surface area contributed by atoms with Crippen molar-refractivity contribution < 1.29 is 14.6 Å². The molecular weight excluding hydrogens is 328 g/mol. The number of hydrogen-bond donors (Lipinski definition) is 1. The number of pyridine rings is 1. The van der Waals surface area contributed by atoms with Crippen molar-refractivity contribution >= 4 is 5.91 Å². The molecule has 0 aromatic carbocycles. The van der Waals surface area contributed by atoms with Crippen LogP contribution in [0.1, 0.15) is 51.4 Å². The van der Waals surface area contributed by atoms with Crippen LogP contribution in [-0.2, 0) is 4.79 Å². The molecule has 4 aliphatic carbocycles. The average molecular weight is 356 g/mol. The molecule has 1 aliphatic heterocycles. The van der Waals surface area contributed by atoms with E-state index in [4.69, 9.17) is 4.74 Å². The van der Waals surface area contributed by atoms with Gasteiger partial charge in [0.1, 0.15) is 11.9 Å². The summed E-state index contributed by atoms with van der Waals surface area (Å²) in [6.07, 6.45) is 11.1. The fourth-order valence-corrected chi connectivity index (χ4v) is 6.59. The Morgan fingerprint density at radius 1 is 1.19 bits per heavy atom. The molecule has 5 fully saturated rings. The Labute approximate surface area is 154 Å². The minimum absolute atomic E-state index is 0.156. The van der Waals surface area contributed by atoms with E-state index < -0.39 is 5.60 Å². The van der Waals surface area contributed by atoms with E-state index >= 15 is 0 Å². The Morgan fingerprint density at radius 2 is 1.92 bits per heavy atom. The molecule has 2 atom stereocenters. The Morgan fingerprint density at radius 3 is 2.54 bits per heavy atom. The summed E-state index contributed by atoms with van der Waals surface area (Å²) in [6, 6.07) is 3.81. The van der Waals surface area contributed by atoms with Crippen LogP contribution in [0.25, 0.3) is 0 Å². The predicted molar refractivity (Wildman–Crippen MR) is 96.5 cm³/mol. The zero-order valence-electron chi connectivity index (χ0n) is 15.3. The van der Waals surface area contributed by atoms with Gasteiger partial charge in [0.25, 0.3) is 0 Å². The van der Waals surface area contributed by atoms with Gasteiger partial charge < -0.3 is 14.7 Å². The third kappa shape index (κ3) is 2.81. The van der Waals surface area contributed by atoms with Crippen molar-refractivity contribution in [3.05, 3.63) is 24.5 Å². The van der Waals surface area contributed by atoms with Crippen LogP contribution < -0.4 is 4.74 Å². The highest BCUT2D eigenvalue weighted by molar-refractivity contribution is 5.83. The van der Waals surface area contributed by atoms with Crippen LogP contribution in [0.3, 0.4) is 0 Å². The van der Waals surface area contributed by atoms with Crippen molar-refractivity contribution in [2.45, 2.75) is 63.1 Å². The molecule has 0 radical (unpaired) electrons. The summed E-state index contributed by atoms with van der Waals surface area (Å²) in [5, 5.41) is 10.9. The number of ether oxygens (including phenoxy) is 1. The van der Waals surface area contributed by atoms with Gasteiger partial charge in [-0.2, -0.15) is 0 Å². The molecule has 4 bridgehead atoms. The van der Waals surface area contributed by atoms with E-state index in [0.717, 1.165) is 57.4 Å². The van der Waals surface area contributed by atoms with Crippen molar-refractivity contribution in [1.29, 1.82) is 0 Å². The van der Waals surface area contributed by atoms with Gasteiger partial charge in [-0.15, -0.1) is 0 Å². The molecule has 5 nitrogen and oxygen atoms in total. The van der Waals surface area contributed by atoms with Crippen LogP contribution in [0.15, 0.2) is 24.5 Å². The lowest BCUT2D eigenvalue weighted by Gasteiger charge is -2.60. The first-order valence-corrected chi connectivity index (χ1v) is 10.1. The largest absolute Gasteiger partial charge is 0.489 e. The van der Waals surface area contributed by atoms with E-state index in [1.165, 1.54) is 6.42 Å². The van der Waals surface area contributed by atoms with Gasteiger partial charge in [0.15, 0.2) is 0 Å². The number of amides is 1. The minimum atomic E-state index is -0.568. The van der Waals surface area contributed by atoms with Crippen molar-refractivity contribution in [3.63, 3.8) is 0 Å². The molecule has 26 heavy (non-hydrogen) atoms. The molecule has 1 aromatic heterocycles. The maximum Gasteiger partial charge on any atom is 0.228 e. The lowest BCUT2D eigenvalue weighted by Crippen LogP contribution is -2.61. The Kier molecular flexibility index (Phi) is 3.78. The van der Waals surface area contributed by atoms with Gasteiger partial charge in [-0.3, -0.25) is 9.78 Å². The number of rotatable bonds is 3. The van der Waals surface area contributed by atoms with Crippen molar-refractivity contribution in [3.8, 4) is 5.75 Å². The zero-order chi connectivity index (χ0) is 17.8. The van der Waals surface area contributed by atoms with Gasteiger partial charge >= 0.3 is 0 Å². The first-order chi connectivity index (χ1) is 12.5. The average Bonchev–Trinajstić information content (AvgIpc) is 2.60. The highest BCUT2D eigenvalue weighted by Crippen LogP contribution is 2.62. The summed E-state index contributed by atoms with van der Waals surface area (Å²) in [6.45, 7) is 1.53. The molecule has 0 spiro atoms. The maximum absolute atomic E-state index is 13.4. The second-order valence-corrected chi connectivity index (χ2v) is 9.26. The molecule has 1 aromatic rings. The number of aliphatic hydroxyl groups is 1. The summed E-state index contributed by atoms with van der Waals surface area (Å²) < 4.78 is 6.01. The lowest BCUT2D eigenvalue weighted by atomic mass is 9.47. The molecular formula is C21H28N2O3. The molecule has 2 heterocycles. The molecule has 5 aliphatic rings. The van der Waals surface area contributed by atoms with Crippen LogP contribution in [-0.4, -0.2) is 45.7 Å². The SMILES string of the molecule is O=C(N1CCC(Oc2cccnc2)CC1)C12C[C@@H]3C[C@H](CC(O)(C3)C1)C2. The summed E-state index contributed by atoms with van der Waals surface area (Å²) in [4.78, 5) is 19.6. The van der Waals surface area contributed by atoms with Crippen molar-refractivity contribution in [2.75, 3.05) is 13.1 Å². The third-order valence-corrected chi connectivity index (χ3v) is 7.15. The van der Waals surface area contributed by atoms with Crippen LogP contribution in [0, 0.1) is 17.3 Å². The lowest BCUT2D eigenvalue weighted by molar-refractivity contribution is -0.187. The minimum Gasteiger partial charge on any atom is -0.489 e. The van der Waals surface area contributed by atoms with Crippen molar-refractivity contribution in [2.24, 2.45) is 17.3 Å². The monoisotopic (exact) mass is 356 g/mol. The van der Waals surface area contributed by atoms with Crippen LogP contribution >= 0.6 is 0 Å². The highest BCUT2D eigenvalue weighted by atomic mass is 16.5. The van der Waals surface area contributed by atoms with E-state index in [1.54, 1.807) is 12.4 Å². The van der Waals surface area contributed by atoms with Gasteiger partial charge in [0.05, 0.1) is 17.2 Å². The van der Waals surface area contributed by atoms with E-state index in [-0.39, 0.29) is 11.5 Å². The quantitative estimate of drug-likeness (QED) is 0.905. The fourth-order valence-electron chi connectivity index (χ4n) is 6.59. The number of carbonyl (C=O) groups excluding carboxylic acids is 1. The smallest absolute Gasteiger partial charge is 0.228 e. The molecule has 1 amide bonds. The van der Waals surface area contributed by atoms with E-state index in [9.17, 15) is 9.90 Å². The summed E-state index contributed by atoms with van der Waals surface area (Å²) in [5.74, 6) is 2.22. The van der Waals surface area contributed by atoms with Gasteiger partial charge in [0, 0.05) is 32.1 Å². The number of nitrogens with zero attached hydrogens (tertiary/aromatic N) is 2. The van der Waals surface area contributed by atoms with Gasteiger partial charge in [-0.25, -0.2) is 0 Å². The Hall–Kier alpha value is -1.62. The van der Waals surface area contributed by atoms with Crippen LogP contribution in [0.2, 0.25) is 0 Å². The van der Waals surface area contributed by atoms with Gasteiger partial charge in [-0.05, 0) is 62.5 Å². The molecule has 1 N–H and O–H groups in total. The Balaban J connectivity index is 1.24. The summed E-state index contributed by atoms with van der Waals surface area (Å²) in [7, 11) is 0.